The first-order chi connectivity index (χ1) is 17.6. The van der Waals surface area contributed by atoms with Crippen LogP contribution in [0.5, 0.6) is 23.0 Å². The van der Waals surface area contributed by atoms with Crippen molar-refractivity contribution in [1.29, 1.82) is 0 Å². The fraction of sp³-hybridized carbons (Fsp3) is 0.478. The minimum Gasteiger partial charge on any atom is -0.588 e. The predicted molar refractivity (Wildman–Crippen MR) is 143 cm³/mol. The molecule has 3 rings (SSSR count). The molecule has 39 heavy (non-hydrogen) atoms. The molecule has 1 aliphatic rings. The number of hydrogen-bond acceptors (Lipinski definition) is 10. The number of aliphatic hydroxyl groups is 1. The third-order valence-electron chi connectivity index (χ3n) is 4.35. The van der Waals surface area contributed by atoms with Gasteiger partial charge in [-0.2, -0.15) is 8.42 Å². The summed E-state index contributed by atoms with van der Waals surface area (Å²) in [6.07, 6.45) is 0.715. The molecule has 1 atom stereocenters. The van der Waals surface area contributed by atoms with Crippen LogP contribution in [-0.2, 0) is 24.7 Å². The Kier molecular flexibility index (Phi) is 14.6. The molecule has 0 amide bonds. The van der Waals surface area contributed by atoms with Gasteiger partial charge in [0.2, 0.25) is 0 Å². The van der Waals surface area contributed by atoms with E-state index in [9.17, 15) is 27.5 Å². The van der Waals surface area contributed by atoms with E-state index in [2.05, 4.69) is 19.9 Å². The monoisotopic (exact) mass is 614 g/mol. The third-order valence-corrected chi connectivity index (χ3v) is 6.05. The second-order valence-corrected chi connectivity index (χ2v) is 14.8. The number of fused-ring (bicyclic) bond motifs is 1. The summed E-state index contributed by atoms with van der Waals surface area (Å²) in [5.74, 6) is 3.27. The van der Waals surface area contributed by atoms with Crippen molar-refractivity contribution in [1.82, 2.24) is 0 Å². The minimum atomic E-state index is -4.78. The molecule has 2 aromatic rings. The van der Waals surface area contributed by atoms with E-state index in [1.54, 1.807) is 34.1 Å². The molecule has 2 aromatic carbocycles. The lowest BCUT2D eigenvalue weighted by molar-refractivity contribution is -0.160. The molecule has 1 aliphatic heterocycles. The van der Waals surface area contributed by atoms with Crippen LogP contribution >= 0.6 is 15.0 Å². The zero-order valence-electron chi connectivity index (χ0n) is 22.7. The van der Waals surface area contributed by atoms with Crippen molar-refractivity contribution in [3.05, 3.63) is 48.0 Å². The molecule has 13 nitrogen and oxygen atoms in total. The van der Waals surface area contributed by atoms with Gasteiger partial charge in [0.25, 0.3) is 10.1 Å². The Labute approximate surface area is 229 Å². The maximum absolute atomic E-state index is 9.45. The molecule has 222 valence electrons. The third kappa shape index (κ3) is 17.1. The van der Waals surface area contributed by atoms with E-state index in [0.717, 1.165) is 23.9 Å². The Hall–Kier alpha value is -2.28. The van der Waals surface area contributed by atoms with Crippen LogP contribution in [0, 0.1) is 0 Å². The number of benzene rings is 2. The van der Waals surface area contributed by atoms with Gasteiger partial charge in [0, 0.05) is 23.1 Å². The van der Waals surface area contributed by atoms with Crippen LogP contribution in [-0.4, -0.2) is 67.2 Å². The lowest BCUT2D eigenvalue weighted by Gasteiger charge is -2.17. The molecule has 0 radical (unpaired) electrons. The summed E-state index contributed by atoms with van der Waals surface area (Å²) < 4.78 is 65.7. The van der Waals surface area contributed by atoms with E-state index in [4.69, 9.17) is 33.3 Å². The van der Waals surface area contributed by atoms with E-state index >= 15 is 0 Å². The molecule has 16 heteroatoms. The van der Waals surface area contributed by atoms with Gasteiger partial charge in [0.1, 0.15) is 29.6 Å². The average molecular weight is 615 g/mol. The summed E-state index contributed by atoms with van der Waals surface area (Å²) >= 11 is 0. The number of ether oxygens (including phenoxy) is 4. The first-order valence-corrected chi connectivity index (χ1v) is 16.4. The highest BCUT2D eigenvalue weighted by atomic mass is 32.2. The summed E-state index contributed by atoms with van der Waals surface area (Å²) in [6, 6.07) is 13.3. The Bertz CT molecular complexity index is 1210. The number of hydrogen-bond donors (Lipinski definition) is 4. The molecule has 0 aliphatic carbocycles. The van der Waals surface area contributed by atoms with Gasteiger partial charge in [-0.1, -0.05) is 30.5 Å². The van der Waals surface area contributed by atoms with Gasteiger partial charge in [-0.3, -0.25) is 14.3 Å². The van der Waals surface area contributed by atoms with Crippen LogP contribution in [0.3, 0.4) is 0 Å². The normalized spacial score (nSPS) is 13.9. The van der Waals surface area contributed by atoms with Crippen LogP contribution in [0.4, 0.5) is 0 Å². The molecular formula is C23H36O13P2S. The van der Waals surface area contributed by atoms with E-state index in [-0.39, 0.29) is 12.0 Å². The number of methoxy groups -OCH3 is 2. The van der Waals surface area contributed by atoms with Crippen molar-refractivity contribution in [3.63, 3.8) is 0 Å². The number of rotatable bonds is 6. The quantitative estimate of drug-likeness (QED) is 0.273. The highest BCUT2D eigenvalue weighted by Gasteiger charge is 2.31. The van der Waals surface area contributed by atoms with Crippen LogP contribution in [0.25, 0.3) is 0 Å². The van der Waals surface area contributed by atoms with Gasteiger partial charge in [-0.15, -0.1) is 0 Å². The molecule has 0 saturated heterocycles. The van der Waals surface area contributed by atoms with Crippen LogP contribution in [0.1, 0.15) is 33.3 Å². The molecular weight excluding hydrogens is 578 g/mol. The predicted octanol–water partition coefficient (Wildman–Crippen LogP) is 2.90. The van der Waals surface area contributed by atoms with Gasteiger partial charge in [-0.05, 0) is 32.0 Å². The minimum absolute atomic E-state index is 0.140. The molecule has 0 aromatic heterocycles. The first kappa shape index (κ1) is 36.7. The average Bonchev–Trinajstić information content (AvgIpc) is 3.10. The van der Waals surface area contributed by atoms with E-state index in [1.165, 1.54) is 5.56 Å². The largest absolute Gasteiger partial charge is 0.588 e. The van der Waals surface area contributed by atoms with Gasteiger partial charge < -0.3 is 28.9 Å². The van der Waals surface area contributed by atoms with Gasteiger partial charge in [0.05, 0.1) is 32.7 Å². The van der Waals surface area contributed by atoms with Gasteiger partial charge in [0.15, 0.2) is 0 Å². The Balaban J connectivity index is 0.000000533. The molecule has 0 fully saturated rings. The smallest absolute Gasteiger partial charge is 0.561 e. The van der Waals surface area contributed by atoms with Crippen LogP contribution in [0.2, 0.25) is 0 Å². The van der Waals surface area contributed by atoms with Crippen molar-refractivity contribution in [2.75, 3.05) is 33.7 Å². The molecule has 0 bridgehead atoms. The van der Waals surface area contributed by atoms with Crippen molar-refractivity contribution < 1.29 is 60.8 Å². The summed E-state index contributed by atoms with van der Waals surface area (Å²) in [4.78, 5) is 24.5. The SMILES string of the molecule is COc1ccc2c(c1)OCC2(C)C.COc1cccc(OCC(C)(C)O)c1.CS(=O)(=O)O.O=[P+]([O-])P(=O)(O)O. The standard InChI is InChI=1S/C11H16O3.C11H14O2.CH4O3S.H2O5P2/c1-11(2,12)8-14-10-6-4-5-9(7-10)13-3;1-11(2)7-13-10-6-8(12-3)4-5-9(10)11;1-5(2,3)4;1-6(2)7(3,4)5/h4-7,12H,8H2,1-3H3;4-6H,7H2,1-3H3;1H3,(H,2,3,4);(H2,3,4,5). The summed E-state index contributed by atoms with van der Waals surface area (Å²) in [5.41, 5.74) is 0.596. The fourth-order valence-corrected chi connectivity index (χ4v) is 2.60. The lowest BCUT2D eigenvalue weighted by Crippen LogP contribution is -2.27. The summed E-state index contributed by atoms with van der Waals surface area (Å²) in [5, 5.41) is 9.45. The highest BCUT2D eigenvalue weighted by Crippen LogP contribution is 2.56. The lowest BCUT2D eigenvalue weighted by atomic mass is 9.87. The molecule has 4 N–H and O–H groups in total. The van der Waals surface area contributed by atoms with Gasteiger partial charge in [-0.25, -0.2) is 4.57 Å². The van der Waals surface area contributed by atoms with Crippen LogP contribution < -0.4 is 23.8 Å². The molecule has 0 saturated carbocycles. The zero-order chi connectivity index (χ0) is 30.7. The van der Waals surface area contributed by atoms with Crippen LogP contribution in [0.15, 0.2) is 42.5 Å². The van der Waals surface area contributed by atoms with Crippen molar-refractivity contribution in [2.45, 2.75) is 38.7 Å². The molecule has 0 spiro atoms. The Morgan fingerprint density at radius 2 is 1.54 bits per heavy atom. The summed E-state index contributed by atoms with van der Waals surface area (Å²) in [6.45, 7) is 8.80. The van der Waals surface area contributed by atoms with Crippen molar-refractivity contribution >= 4 is 25.1 Å². The molecule has 1 unspecified atom stereocenters. The van der Waals surface area contributed by atoms with Crippen molar-refractivity contribution in [3.8, 4) is 23.0 Å². The summed E-state index contributed by atoms with van der Waals surface area (Å²) in [7, 11) is -8.75. The van der Waals surface area contributed by atoms with E-state index < -0.39 is 30.7 Å². The highest BCUT2D eigenvalue weighted by molar-refractivity contribution is 8.19. The first-order valence-electron chi connectivity index (χ1n) is 11.0. The maximum Gasteiger partial charge on any atom is 0.561 e. The van der Waals surface area contributed by atoms with Gasteiger partial charge >= 0.3 is 15.0 Å². The fourth-order valence-electron chi connectivity index (χ4n) is 2.60. The topological polar surface area (TPSA) is 209 Å². The van der Waals surface area contributed by atoms with Crippen molar-refractivity contribution in [2.24, 2.45) is 0 Å². The Morgan fingerprint density at radius 1 is 1.08 bits per heavy atom. The molecule has 1 heterocycles. The second kappa shape index (κ2) is 15.5. The zero-order valence-corrected chi connectivity index (χ0v) is 25.3. The Morgan fingerprint density at radius 3 is 1.97 bits per heavy atom. The van der Waals surface area contributed by atoms with E-state index in [0.29, 0.717) is 12.0 Å². The van der Waals surface area contributed by atoms with E-state index in [1.807, 2.05) is 30.3 Å². The second-order valence-electron chi connectivity index (χ2n) is 9.30. The maximum atomic E-state index is 9.45.